The molecule has 4 rings (SSSR count). The molecule has 0 spiro atoms. The van der Waals surface area contributed by atoms with Crippen molar-refractivity contribution < 1.29 is 4.79 Å². The fourth-order valence-corrected chi connectivity index (χ4v) is 4.01. The lowest BCUT2D eigenvalue weighted by atomic mass is 10.2. The van der Waals surface area contributed by atoms with Crippen LogP contribution in [0.4, 0.5) is 5.69 Å². The minimum Gasteiger partial charge on any atom is -0.322 e. The van der Waals surface area contributed by atoms with Crippen molar-refractivity contribution >= 4 is 45.9 Å². The number of fused-ring (bicyclic) bond motifs is 1. The lowest BCUT2D eigenvalue weighted by Crippen LogP contribution is -2.26. The number of aromatic nitrogens is 3. The number of hydrogen-bond acceptors (Lipinski definition) is 5. The average molecular weight is 437 g/mol. The molecule has 0 saturated carbocycles. The molecule has 0 aliphatic carbocycles. The third kappa shape index (κ3) is 4.08. The van der Waals surface area contributed by atoms with E-state index in [-0.39, 0.29) is 16.6 Å². The second-order valence-corrected chi connectivity index (χ2v) is 8.14. The molecular weight excluding hydrogens is 420 g/mol. The first-order chi connectivity index (χ1) is 14.5. The summed E-state index contributed by atoms with van der Waals surface area (Å²) in [5, 5.41) is 3.40. The van der Waals surface area contributed by atoms with Gasteiger partial charge >= 0.3 is 0 Å². The number of nitrogens with one attached hydrogen (secondary N) is 1. The first-order valence-electron chi connectivity index (χ1n) is 9.20. The maximum absolute atomic E-state index is 13.2. The van der Waals surface area contributed by atoms with Crippen LogP contribution < -0.4 is 10.9 Å². The highest BCUT2D eigenvalue weighted by Crippen LogP contribution is 2.26. The molecule has 8 heteroatoms. The van der Waals surface area contributed by atoms with Gasteiger partial charge in [0.05, 0.1) is 27.5 Å². The number of amides is 1. The van der Waals surface area contributed by atoms with E-state index in [1.165, 1.54) is 16.3 Å². The van der Waals surface area contributed by atoms with Gasteiger partial charge in [0.25, 0.3) is 5.56 Å². The zero-order valence-corrected chi connectivity index (χ0v) is 17.5. The van der Waals surface area contributed by atoms with Gasteiger partial charge in [-0.15, -0.1) is 0 Å². The van der Waals surface area contributed by atoms with Crippen LogP contribution in [0, 0.1) is 0 Å². The Hall–Kier alpha value is -3.16. The van der Waals surface area contributed by atoms with Crippen molar-refractivity contribution in [1.82, 2.24) is 14.5 Å². The molecule has 1 atom stereocenters. The fraction of sp³-hybridized carbons (Fsp3) is 0.0909. The van der Waals surface area contributed by atoms with Crippen LogP contribution >= 0.6 is 23.4 Å². The van der Waals surface area contributed by atoms with E-state index in [2.05, 4.69) is 15.3 Å². The number of halogens is 1. The van der Waals surface area contributed by atoms with Gasteiger partial charge in [0.2, 0.25) is 5.91 Å². The van der Waals surface area contributed by atoms with Crippen molar-refractivity contribution in [2.75, 3.05) is 5.32 Å². The van der Waals surface area contributed by atoms with Crippen molar-refractivity contribution in [1.29, 1.82) is 0 Å². The van der Waals surface area contributed by atoms with Crippen LogP contribution in [0.1, 0.15) is 6.92 Å². The van der Waals surface area contributed by atoms with Gasteiger partial charge in [-0.3, -0.25) is 14.2 Å². The van der Waals surface area contributed by atoms with Crippen molar-refractivity contribution in [3.63, 3.8) is 0 Å². The van der Waals surface area contributed by atoms with Crippen LogP contribution in [0.2, 0.25) is 5.15 Å². The summed E-state index contributed by atoms with van der Waals surface area (Å²) in [5.74, 6) is -0.267. The van der Waals surface area contributed by atoms with Gasteiger partial charge in [-0.1, -0.05) is 53.7 Å². The second kappa shape index (κ2) is 8.69. The van der Waals surface area contributed by atoms with Crippen LogP contribution in [0.3, 0.4) is 0 Å². The van der Waals surface area contributed by atoms with Crippen LogP contribution in [0.15, 0.2) is 82.9 Å². The summed E-state index contributed by atoms with van der Waals surface area (Å²) in [6.45, 7) is 1.75. The summed E-state index contributed by atoms with van der Waals surface area (Å²) < 4.78 is 1.54. The smallest absolute Gasteiger partial charge is 0.266 e. The zero-order valence-electron chi connectivity index (χ0n) is 15.9. The Kier molecular flexibility index (Phi) is 5.83. The Morgan fingerprint density at radius 1 is 1.07 bits per heavy atom. The van der Waals surface area contributed by atoms with E-state index >= 15 is 0 Å². The minimum atomic E-state index is -0.538. The molecule has 2 aromatic carbocycles. The monoisotopic (exact) mass is 436 g/mol. The Morgan fingerprint density at radius 3 is 2.57 bits per heavy atom. The number of para-hydroxylation sites is 2. The van der Waals surface area contributed by atoms with Crippen LogP contribution in [0.5, 0.6) is 0 Å². The highest BCUT2D eigenvalue weighted by molar-refractivity contribution is 8.00. The minimum absolute atomic E-state index is 0.183. The molecule has 0 aliphatic heterocycles. The second-order valence-electron chi connectivity index (χ2n) is 6.48. The van der Waals surface area contributed by atoms with Gasteiger partial charge in [0, 0.05) is 6.20 Å². The SMILES string of the molecule is CC(Sc1nc2ccccc2c(=O)n1-c1ccccc1)C(=O)Nc1cccnc1Cl. The number of rotatable bonds is 5. The van der Waals surface area contributed by atoms with Crippen LogP contribution in [0.25, 0.3) is 16.6 Å². The molecule has 150 valence electrons. The van der Waals surface area contributed by atoms with E-state index in [0.29, 0.717) is 27.4 Å². The average Bonchev–Trinajstić information content (AvgIpc) is 2.76. The van der Waals surface area contributed by atoms with Crippen molar-refractivity contribution in [3.05, 3.63) is 88.4 Å². The van der Waals surface area contributed by atoms with Crippen molar-refractivity contribution in [3.8, 4) is 5.69 Å². The van der Waals surface area contributed by atoms with E-state index in [4.69, 9.17) is 11.6 Å². The predicted octanol–water partition coefficient (Wildman–Crippen LogP) is 4.55. The normalized spacial score (nSPS) is 11.9. The van der Waals surface area contributed by atoms with Gasteiger partial charge in [0.1, 0.15) is 0 Å². The Bertz CT molecular complexity index is 1280. The molecule has 2 heterocycles. The Balaban J connectivity index is 1.72. The molecule has 1 N–H and O–H groups in total. The molecule has 0 saturated heterocycles. The maximum atomic E-state index is 13.2. The summed E-state index contributed by atoms with van der Waals surface area (Å²) >= 11 is 7.24. The van der Waals surface area contributed by atoms with Gasteiger partial charge in [-0.2, -0.15) is 0 Å². The van der Waals surface area contributed by atoms with Crippen molar-refractivity contribution in [2.24, 2.45) is 0 Å². The largest absolute Gasteiger partial charge is 0.322 e. The molecule has 2 aromatic heterocycles. The first-order valence-corrected chi connectivity index (χ1v) is 10.5. The summed E-state index contributed by atoms with van der Waals surface area (Å²) in [6.07, 6.45) is 1.55. The van der Waals surface area contributed by atoms with Gasteiger partial charge in [-0.25, -0.2) is 9.97 Å². The van der Waals surface area contributed by atoms with Crippen LogP contribution in [-0.4, -0.2) is 25.7 Å². The number of nitrogens with zero attached hydrogens (tertiary/aromatic N) is 3. The number of carbonyl (C=O) groups is 1. The molecule has 4 aromatic rings. The zero-order chi connectivity index (χ0) is 21.1. The van der Waals surface area contributed by atoms with E-state index in [1.54, 1.807) is 43.5 Å². The number of thioether (sulfide) groups is 1. The third-order valence-electron chi connectivity index (χ3n) is 4.43. The van der Waals surface area contributed by atoms with Crippen molar-refractivity contribution in [2.45, 2.75) is 17.3 Å². The summed E-state index contributed by atoms with van der Waals surface area (Å²) in [4.78, 5) is 34.6. The molecule has 0 bridgehead atoms. The highest BCUT2D eigenvalue weighted by atomic mass is 35.5. The molecule has 0 fully saturated rings. The number of anilines is 1. The molecule has 1 amide bonds. The van der Waals surface area contributed by atoms with Crippen LogP contribution in [-0.2, 0) is 4.79 Å². The predicted molar refractivity (Wildman–Crippen MR) is 121 cm³/mol. The van der Waals surface area contributed by atoms with Gasteiger partial charge < -0.3 is 5.32 Å². The molecule has 30 heavy (non-hydrogen) atoms. The molecule has 0 aliphatic rings. The van der Waals surface area contributed by atoms with E-state index in [0.717, 1.165) is 0 Å². The fourth-order valence-electron chi connectivity index (χ4n) is 2.92. The van der Waals surface area contributed by atoms with E-state index < -0.39 is 5.25 Å². The van der Waals surface area contributed by atoms with Gasteiger partial charge in [0.15, 0.2) is 10.3 Å². The molecule has 1 unspecified atom stereocenters. The Morgan fingerprint density at radius 2 is 1.80 bits per heavy atom. The summed E-state index contributed by atoms with van der Waals surface area (Å²) in [5.41, 5.74) is 1.52. The number of pyridine rings is 1. The molecule has 0 radical (unpaired) electrons. The summed E-state index contributed by atoms with van der Waals surface area (Å²) in [6, 6.07) is 19.8. The molecule has 6 nitrogen and oxygen atoms in total. The van der Waals surface area contributed by atoms with E-state index in [9.17, 15) is 9.59 Å². The maximum Gasteiger partial charge on any atom is 0.266 e. The topological polar surface area (TPSA) is 76.9 Å². The first kappa shape index (κ1) is 20.1. The van der Waals surface area contributed by atoms with E-state index in [1.807, 2.05) is 36.4 Å². The Labute approximate surface area is 181 Å². The highest BCUT2D eigenvalue weighted by Gasteiger charge is 2.21. The number of hydrogen-bond donors (Lipinski definition) is 1. The molecular formula is C22H17ClN4O2S. The quantitative estimate of drug-likeness (QED) is 0.282. The third-order valence-corrected chi connectivity index (χ3v) is 5.78. The summed E-state index contributed by atoms with van der Waals surface area (Å²) in [7, 11) is 0. The van der Waals surface area contributed by atoms with Gasteiger partial charge in [-0.05, 0) is 43.3 Å². The lowest BCUT2D eigenvalue weighted by Gasteiger charge is -2.16. The number of carbonyl (C=O) groups excluding carboxylic acids is 1. The number of benzene rings is 2. The standard InChI is InChI=1S/C22H17ClN4O2S/c1-14(20(28)25-18-12-7-13-24-19(18)23)30-22-26-17-11-6-5-10-16(17)21(29)27(22)15-8-3-2-4-9-15/h2-14H,1H3,(H,25,28). The lowest BCUT2D eigenvalue weighted by molar-refractivity contribution is -0.115.